The first-order chi connectivity index (χ1) is 15.3. The third-order valence-corrected chi connectivity index (χ3v) is 10.1. The van der Waals surface area contributed by atoms with Gasteiger partial charge in [0.1, 0.15) is 0 Å². The predicted molar refractivity (Wildman–Crippen MR) is 142 cm³/mol. The van der Waals surface area contributed by atoms with Gasteiger partial charge in [-0.2, -0.15) is 0 Å². The van der Waals surface area contributed by atoms with Crippen LogP contribution in [0.3, 0.4) is 0 Å². The molecule has 0 amide bonds. The molecular formula is C30H45P. The van der Waals surface area contributed by atoms with Crippen LogP contribution in [-0.4, -0.2) is 5.66 Å². The highest BCUT2D eigenvalue weighted by Gasteiger charge is 2.29. The Kier molecular flexibility index (Phi) is 10.6. The van der Waals surface area contributed by atoms with Gasteiger partial charge in [0.15, 0.2) is 0 Å². The molecule has 0 aliphatic heterocycles. The van der Waals surface area contributed by atoms with Gasteiger partial charge in [0, 0.05) is 0 Å². The zero-order valence-corrected chi connectivity index (χ0v) is 21.4. The lowest BCUT2D eigenvalue weighted by Gasteiger charge is -2.34. The molecule has 0 saturated heterocycles. The molecular weight excluding hydrogens is 391 g/mol. The van der Waals surface area contributed by atoms with E-state index < -0.39 is 0 Å². The summed E-state index contributed by atoms with van der Waals surface area (Å²) in [7, 11) is -0.263. The van der Waals surface area contributed by atoms with E-state index in [0.29, 0.717) is 0 Å². The molecule has 0 spiro atoms. The molecule has 0 radical (unpaired) electrons. The number of aryl methyl sites for hydroxylation is 1. The molecule has 1 fully saturated rings. The molecule has 1 aliphatic rings. The molecule has 1 heteroatoms. The summed E-state index contributed by atoms with van der Waals surface area (Å²) in [4.78, 5) is 0. The predicted octanol–water partition coefficient (Wildman–Crippen LogP) is 8.48. The topological polar surface area (TPSA) is 0 Å². The Morgan fingerprint density at radius 3 is 1.94 bits per heavy atom. The smallest absolute Gasteiger partial charge is 0.0129 e. The second kappa shape index (κ2) is 13.4. The van der Waals surface area contributed by atoms with E-state index in [1.807, 2.05) is 0 Å². The van der Waals surface area contributed by atoms with Crippen LogP contribution >= 0.6 is 7.92 Å². The minimum Gasteiger partial charge on any atom is -0.0654 e. The molecule has 0 nitrogen and oxygen atoms in total. The van der Waals surface area contributed by atoms with Crippen molar-refractivity contribution in [3.05, 3.63) is 59.2 Å². The minimum atomic E-state index is -0.263. The second-order valence-corrected chi connectivity index (χ2v) is 12.0. The fraction of sp³-hybridized carbons (Fsp3) is 0.600. The second-order valence-electron chi connectivity index (χ2n) is 9.51. The Hall–Kier alpha value is -1.13. The lowest BCUT2D eigenvalue weighted by molar-refractivity contribution is 0.513. The lowest BCUT2D eigenvalue weighted by atomic mass is 9.91. The largest absolute Gasteiger partial charge is 0.0654 e. The molecule has 0 aromatic heterocycles. The number of unbranched alkanes of at least 4 members (excludes halogenated alkanes) is 3. The number of hydrogen-bond acceptors (Lipinski definition) is 0. The van der Waals surface area contributed by atoms with Crippen molar-refractivity contribution >= 4 is 18.5 Å². The van der Waals surface area contributed by atoms with Crippen molar-refractivity contribution in [1.82, 2.24) is 0 Å². The summed E-state index contributed by atoms with van der Waals surface area (Å²) in [5.74, 6) is 0. The molecule has 0 heterocycles. The maximum atomic E-state index is 2.60. The van der Waals surface area contributed by atoms with Crippen molar-refractivity contribution in [3.8, 4) is 0 Å². The Bertz CT molecular complexity index is 757. The highest BCUT2D eigenvalue weighted by Crippen LogP contribution is 2.47. The average Bonchev–Trinajstić information content (AvgIpc) is 2.82. The molecule has 170 valence electrons. The van der Waals surface area contributed by atoms with E-state index in [1.54, 1.807) is 27.3 Å². The Balaban J connectivity index is 2.11. The van der Waals surface area contributed by atoms with Crippen LogP contribution in [0.2, 0.25) is 0 Å². The van der Waals surface area contributed by atoms with E-state index >= 15 is 0 Å². The maximum Gasteiger partial charge on any atom is -0.0129 e. The van der Waals surface area contributed by atoms with Gasteiger partial charge in [0.05, 0.1) is 0 Å². The Labute approximate surface area is 194 Å². The van der Waals surface area contributed by atoms with E-state index in [-0.39, 0.29) is 7.92 Å². The summed E-state index contributed by atoms with van der Waals surface area (Å²) in [6, 6.07) is 16.7. The fourth-order valence-corrected chi connectivity index (χ4v) is 8.57. The van der Waals surface area contributed by atoms with Gasteiger partial charge in [-0.25, -0.2) is 0 Å². The van der Waals surface area contributed by atoms with Crippen molar-refractivity contribution in [2.45, 2.75) is 116 Å². The molecule has 31 heavy (non-hydrogen) atoms. The Morgan fingerprint density at radius 1 is 0.677 bits per heavy atom. The quantitative estimate of drug-likeness (QED) is 0.293. The summed E-state index contributed by atoms with van der Waals surface area (Å²) in [5, 5.41) is 3.36. The molecule has 2 aromatic rings. The van der Waals surface area contributed by atoms with Crippen molar-refractivity contribution in [2.24, 2.45) is 0 Å². The summed E-state index contributed by atoms with van der Waals surface area (Å²) in [6.45, 7) is 7.03. The van der Waals surface area contributed by atoms with E-state index in [1.165, 1.54) is 89.9 Å². The summed E-state index contributed by atoms with van der Waals surface area (Å²) in [5.41, 5.74) is 6.05. The van der Waals surface area contributed by atoms with Gasteiger partial charge >= 0.3 is 0 Å². The number of hydrogen-bond donors (Lipinski definition) is 0. The standard InChI is InChI=1S/C30H45P/c1-4-7-16-25-23-24-30(29(22-9-6-3)28(25)21-8-5-2)31(26-17-12-10-13-18-26)27-19-14-11-15-20-27/h10,12-13,17-18,23-24,27H,4-9,11,14-16,19-22H2,1-3H3. The van der Waals surface area contributed by atoms with Gasteiger partial charge in [0.2, 0.25) is 0 Å². The van der Waals surface area contributed by atoms with Gasteiger partial charge in [-0.1, -0.05) is 102 Å². The highest BCUT2D eigenvalue weighted by molar-refractivity contribution is 7.73. The lowest BCUT2D eigenvalue weighted by Crippen LogP contribution is -2.27. The van der Waals surface area contributed by atoms with Crippen LogP contribution in [0.25, 0.3) is 0 Å². The summed E-state index contributed by atoms with van der Waals surface area (Å²) in [6.07, 6.45) is 18.8. The normalized spacial score (nSPS) is 15.8. The van der Waals surface area contributed by atoms with E-state index in [0.717, 1.165) is 5.66 Å². The van der Waals surface area contributed by atoms with Gasteiger partial charge < -0.3 is 0 Å². The third-order valence-electron chi connectivity index (χ3n) is 7.10. The van der Waals surface area contributed by atoms with Gasteiger partial charge in [-0.15, -0.1) is 0 Å². The summed E-state index contributed by atoms with van der Waals surface area (Å²) >= 11 is 0. The summed E-state index contributed by atoms with van der Waals surface area (Å²) < 4.78 is 0. The molecule has 1 aliphatic carbocycles. The van der Waals surface area contributed by atoms with Crippen molar-refractivity contribution in [1.29, 1.82) is 0 Å². The molecule has 1 atom stereocenters. The monoisotopic (exact) mass is 436 g/mol. The SMILES string of the molecule is CCCCc1ccc(P(c2ccccc2)C2CCCCC2)c(CCCC)c1CCCC. The van der Waals surface area contributed by atoms with E-state index in [4.69, 9.17) is 0 Å². The molecule has 1 unspecified atom stereocenters. The average molecular weight is 437 g/mol. The third kappa shape index (κ3) is 6.68. The molecule has 2 aromatic carbocycles. The zero-order chi connectivity index (χ0) is 21.9. The van der Waals surface area contributed by atoms with E-state index in [9.17, 15) is 0 Å². The van der Waals surface area contributed by atoms with E-state index in [2.05, 4.69) is 63.2 Å². The van der Waals surface area contributed by atoms with Gasteiger partial charge in [-0.05, 0) is 92.2 Å². The van der Waals surface area contributed by atoms with Crippen LogP contribution in [0.5, 0.6) is 0 Å². The highest BCUT2D eigenvalue weighted by atomic mass is 31.1. The van der Waals surface area contributed by atoms with Crippen LogP contribution in [0.15, 0.2) is 42.5 Å². The van der Waals surface area contributed by atoms with Crippen LogP contribution in [-0.2, 0) is 19.3 Å². The van der Waals surface area contributed by atoms with Gasteiger partial charge in [0.25, 0.3) is 0 Å². The molecule has 0 N–H and O–H groups in total. The number of benzene rings is 2. The van der Waals surface area contributed by atoms with Gasteiger partial charge in [-0.3, -0.25) is 0 Å². The van der Waals surface area contributed by atoms with Crippen LogP contribution < -0.4 is 10.6 Å². The van der Waals surface area contributed by atoms with Crippen LogP contribution in [0, 0.1) is 0 Å². The van der Waals surface area contributed by atoms with Crippen molar-refractivity contribution in [2.75, 3.05) is 0 Å². The molecule has 3 rings (SSSR count). The van der Waals surface area contributed by atoms with Crippen molar-refractivity contribution < 1.29 is 0 Å². The molecule has 1 saturated carbocycles. The molecule has 0 bridgehead atoms. The number of rotatable bonds is 12. The first-order valence-electron chi connectivity index (χ1n) is 13.3. The fourth-order valence-electron chi connectivity index (χ4n) is 5.33. The first kappa shape index (κ1) is 24.5. The maximum absolute atomic E-state index is 2.60. The zero-order valence-electron chi connectivity index (χ0n) is 20.5. The Morgan fingerprint density at radius 2 is 1.29 bits per heavy atom. The first-order valence-corrected chi connectivity index (χ1v) is 14.7. The van der Waals surface area contributed by atoms with Crippen molar-refractivity contribution in [3.63, 3.8) is 0 Å². The van der Waals surface area contributed by atoms with Crippen LogP contribution in [0.4, 0.5) is 0 Å². The minimum absolute atomic E-state index is 0.263. The van der Waals surface area contributed by atoms with Crippen LogP contribution in [0.1, 0.15) is 108 Å².